The van der Waals surface area contributed by atoms with Gasteiger partial charge in [-0.25, -0.2) is 0 Å². The fourth-order valence-electron chi connectivity index (χ4n) is 1.82. The minimum atomic E-state index is 0.0855. The molecule has 1 nitrogen and oxygen atoms in total. The highest BCUT2D eigenvalue weighted by Gasteiger charge is 2.27. The maximum atomic E-state index is 5.64. The number of halogens is 2. The Hall–Kier alpha value is 0.140. The number of alkyl halides is 1. The van der Waals surface area contributed by atoms with E-state index in [2.05, 4.69) is 70.8 Å². The quantitative estimate of drug-likeness (QED) is 0.691. The predicted octanol–water partition coefficient (Wildman–Crippen LogP) is 5.08. The molecule has 0 bridgehead atoms. The van der Waals surface area contributed by atoms with E-state index in [0.29, 0.717) is 0 Å². The van der Waals surface area contributed by atoms with Crippen LogP contribution in [0.1, 0.15) is 38.0 Å². The standard InChI is InChI=1S/C13H18Br2O/c1-13(2,3)12(16-4)10-7-9(8-14)5-6-11(10)15/h5-7,12H,8H2,1-4H3. The third-order valence-corrected chi connectivity index (χ3v) is 3.89. The minimum Gasteiger partial charge on any atom is -0.376 e. The first kappa shape index (κ1) is 14.2. The fourth-order valence-corrected chi connectivity index (χ4v) is 2.63. The van der Waals surface area contributed by atoms with Crippen molar-refractivity contribution in [3.8, 4) is 0 Å². The largest absolute Gasteiger partial charge is 0.376 e. The molecule has 1 aromatic rings. The second kappa shape index (κ2) is 5.65. The molecular weight excluding hydrogens is 332 g/mol. The van der Waals surface area contributed by atoms with Gasteiger partial charge in [-0.15, -0.1) is 0 Å². The third-order valence-electron chi connectivity index (χ3n) is 2.52. The summed E-state index contributed by atoms with van der Waals surface area (Å²) in [5, 5.41) is 0.869. The molecule has 0 radical (unpaired) electrons. The summed E-state index contributed by atoms with van der Waals surface area (Å²) in [5.74, 6) is 0. The monoisotopic (exact) mass is 348 g/mol. The molecule has 0 aliphatic rings. The smallest absolute Gasteiger partial charge is 0.0880 e. The summed E-state index contributed by atoms with van der Waals surface area (Å²) in [6.07, 6.45) is 0.0980. The second-order valence-corrected chi connectivity index (χ2v) is 6.39. The van der Waals surface area contributed by atoms with Crippen molar-refractivity contribution in [3.63, 3.8) is 0 Å². The van der Waals surface area contributed by atoms with Crippen LogP contribution in [-0.4, -0.2) is 7.11 Å². The van der Waals surface area contributed by atoms with Crippen LogP contribution < -0.4 is 0 Å². The first-order valence-corrected chi connectivity index (χ1v) is 7.18. The van der Waals surface area contributed by atoms with Gasteiger partial charge < -0.3 is 4.74 Å². The van der Waals surface area contributed by atoms with Crippen LogP contribution >= 0.6 is 31.9 Å². The molecule has 0 aliphatic carbocycles. The lowest BCUT2D eigenvalue weighted by Crippen LogP contribution is -2.20. The van der Waals surface area contributed by atoms with Gasteiger partial charge in [0.05, 0.1) is 6.10 Å². The van der Waals surface area contributed by atoms with Gasteiger partial charge in [-0.2, -0.15) is 0 Å². The Morgan fingerprint density at radius 2 is 1.94 bits per heavy atom. The van der Waals surface area contributed by atoms with Gasteiger partial charge in [0.2, 0.25) is 0 Å². The van der Waals surface area contributed by atoms with Crippen molar-refractivity contribution in [1.29, 1.82) is 0 Å². The molecule has 0 aliphatic heterocycles. The lowest BCUT2D eigenvalue weighted by atomic mass is 9.84. The summed E-state index contributed by atoms with van der Waals surface area (Å²) < 4.78 is 6.75. The lowest BCUT2D eigenvalue weighted by Gasteiger charge is -2.30. The van der Waals surface area contributed by atoms with E-state index in [0.717, 1.165) is 9.80 Å². The number of hydrogen-bond acceptors (Lipinski definition) is 1. The van der Waals surface area contributed by atoms with Gasteiger partial charge in [0.1, 0.15) is 0 Å². The minimum absolute atomic E-state index is 0.0855. The first-order valence-electron chi connectivity index (χ1n) is 5.27. The maximum Gasteiger partial charge on any atom is 0.0880 e. The van der Waals surface area contributed by atoms with E-state index in [4.69, 9.17) is 4.74 Å². The molecular formula is C13H18Br2O. The normalized spacial score (nSPS) is 13.9. The Balaban J connectivity index is 3.18. The SMILES string of the molecule is COC(c1cc(CBr)ccc1Br)C(C)(C)C. The summed E-state index contributed by atoms with van der Waals surface area (Å²) in [7, 11) is 1.77. The van der Waals surface area contributed by atoms with Gasteiger partial charge >= 0.3 is 0 Å². The van der Waals surface area contributed by atoms with Crippen molar-refractivity contribution in [2.75, 3.05) is 7.11 Å². The van der Waals surface area contributed by atoms with E-state index in [1.165, 1.54) is 11.1 Å². The predicted molar refractivity (Wildman–Crippen MR) is 76.0 cm³/mol. The fraction of sp³-hybridized carbons (Fsp3) is 0.538. The highest BCUT2D eigenvalue weighted by Crippen LogP contribution is 2.39. The molecule has 0 fully saturated rings. The van der Waals surface area contributed by atoms with Crippen LogP contribution in [0.15, 0.2) is 22.7 Å². The molecule has 0 saturated carbocycles. The summed E-state index contributed by atoms with van der Waals surface area (Å²) in [4.78, 5) is 0. The Kier molecular flexibility index (Phi) is 5.02. The Morgan fingerprint density at radius 1 is 1.31 bits per heavy atom. The lowest BCUT2D eigenvalue weighted by molar-refractivity contribution is 0.0146. The molecule has 0 saturated heterocycles. The maximum absolute atomic E-state index is 5.64. The number of rotatable bonds is 3. The van der Waals surface area contributed by atoms with E-state index in [1.54, 1.807) is 7.11 Å². The van der Waals surface area contributed by atoms with E-state index < -0.39 is 0 Å². The molecule has 1 rings (SSSR count). The van der Waals surface area contributed by atoms with E-state index in [9.17, 15) is 0 Å². The summed E-state index contributed by atoms with van der Waals surface area (Å²) in [6.45, 7) is 6.57. The van der Waals surface area contributed by atoms with Crippen LogP contribution in [-0.2, 0) is 10.1 Å². The molecule has 0 heterocycles. The van der Waals surface area contributed by atoms with Gasteiger partial charge in [-0.3, -0.25) is 0 Å². The average Bonchev–Trinajstić information content (AvgIpc) is 2.20. The zero-order valence-corrected chi connectivity index (χ0v) is 13.4. The van der Waals surface area contributed by atoms with Crippen LogP contribution in [0.4, 0.5) is 0 Å². The second-order valence-electron chi connectivity index (χ2n) is 4.97. The Morgan fingerprint density at radius 3 is 2.38 bits per heavy atom. The van der Waals surface area contributed by atoms with Crippen molar-refractivity contribution in [2.24, 2.45) is 5.41 Å². The van der Waals surface area contributed by atoms with Crippen molar-refractivity contribution < 1.29 is 4.74 Å². The summed E-state index contributed by atoms with van der Waals surface area (Å²) in [5.41, 5.74) is 2.57. The first-order chi connectivity index (χ1) is 7.40. The summed E-state index contributed by atoms with van der Waals surface area (Å²) >= 11 is 7.08. The highest BCUT2D eigenvalue weighted by molar-refractivity contribution is 9.10. The summed E-state index contributed by atoms with van der Waals surface area (Å²) in [6, 6.07) is 6.39. The average molecular weight is 350 g/mol. The molecule has 0 spiro atoms. The highest BCUT2D eigenvalue weighted by atomic mass is 79.9. The van der Waals surface area contributed by atoms with E-state index in [1.807, 2.05) is 0 Å². The number of hydrogen-bond donors (Lipinski definition) is 0. The number of ether oxygens (including phenoxy) is 1. The van der Waals surface area contributed by atoms with Gasteiger partial charge in [0.15, 0.2) is 0 Å². The molecule has 0 amide bonds. The number of benzene rings is 1. The number of methoxy groups -OCH3 is 1. The molecule has 0 N–H and O–H groups in total. The van der Waals surface area contributed by atoms with E-state index in [-0.39, 0.29) is 11.5 Å². The van der Waals surface area contributed by atoms with Gasteiger partial charge in [-0.1, -0.05) is 64.8 Å². The van der Waals surface area contributed by atoms with Crippen molar-refractivity contribution in [1.82, 2.24) is 0 Å². The third kappa shape index (κ3) is 3.31. The van der Waals surface area contributed by atoms with Crippen molar-refractivity contribution in [3.05, 3.63) is 33.8 Å². The topological polar surface area (TPSA) is 9.23 Å². The van der Waals surface area contributed by atoms with Gasteiger partial charge in [-0.05, 0) is 22.6 Å². The van der Waals surface area contributed by atoms with Crippen LogP contribution in [0.3, 0.4) is 0 Å². The zero-order valence-electron chi connectivity index (χ0n) is 10.2. The van der Waals surface area contributed by atoms with Crippen LogP contribution in [0.25, 0.3) is 0 Å². The molecule has 1 aromatic carbocycles. The Labute approximate surface area is 115 Å². The molecule has 90 valence electrons. The van der Waals surface area contributed by atoms with Gasteiger partial charge in [0.25, 0.3) is 0 Å². The molecule has 3 heteroatoms. The van der Waals surface area contributed by atoms with Crippen LogP contribution in [0.2, 0.25) is 0 Å². The van der Waals surface area contributed by atoms with E-state index >= 15 is 0 Å². The molecule has 1 atom stereocenters. The van der Waals surface area contributed by atoms with Crippen LogP contribution in [0.5, 0.6) is 0 Å². The van der Waals surface area contributed by atoms with Crippen molar-refractivity contribution in [2.45, 2.75) is 32.2 Å². The molecule has 16 heavy (non-hydrogen) atoms. The van der Waals surface area contributed by atoms with Crippen molar-refractivity contribution >= 4 is 31.9 Å². The Bertz CT molecular complexity index is 355. The molecule has 0 aromatic heterocycles. The molecule has 1 unspecified atom stereocenters. The van der Waals surface area contributed by atoms with Gasteiger partial charge in [0, 0.05) is 16.9 Å². The van der Waals surface area contributed by atoms with Crippen LogP contribution in [0, 0.1) is 5.41 Å². The zero-order chi connectivity index (χ0) is 12.3.